The van der Waals surface area contributed by atoms with Gasteiger partial charge in [0.2, 0.25) is 0 Å². The van der Waals surface area contributed by atoms with Crippen LogP contribution in [-0.2, 0) is 18.6 Å². The lowest BCUT2D eigenvalue weighted by Gasteiger charge is -2.28. The Labute approximate surface area is 226 Å². The highest BCUT2D eigenvalue weighted by Crippen LogP contribution is 2.43. The number of ether oxygens (including phenoxy) is 1. The van der Waals surface area contributed by atoms with Gasteiger partial charge in [-0.3, -0.25) is 0 Å². The summed E-state index contributed by atoms with van der Waals surface area (Å²) in [6.45, 7) is 7.45. The number of carbonyl (C=O) groups is 1. The highest BCUT2D eigenvalue weighted by molar-refractivity contribution is 7.99. The van der Waals surface area contributed by atoms with Crippen molar-refractivity contribution in [2.45, 2.75) is 154 Å². The molecule has 0 aliphatic rings. The van der Waals surface area contributed by atoms with Gasteiger partial charge in [0.15, 0.2) is 0 Å². The van der Waals surface area contributed by atoms with Crippen LogP contribution in [0, 0.1) is 0 Å². The summed E-state index contributed by atoms with van der Waals surface area (Å²) in [7, 11) is -2.71. The SMILES string of the molecule is CCCCCCCCCCSC(CCCCCCCCC)C(C)OC(CO)(C(=O)O)[P+](=O)OCCC. The maximum absolute atomic E-state index is 12.7. The third-order valence-corrected chi connectivity index (χ3v) is 9.60. The van der Waals surface area contributed by atoms with Crippen molar-refractivity contribution in [3.05, 3.63) is 0 Å². The summed E-state index contributed by atoms with van der Waals surface area (Å²) in [6.07, 6.45) is 19.8. The van der Waals surface area contributed by atoms with Crippen molar-refractivity contribution in [2.24, 2.45) is 0 Å². The first kappa shape index (κ1) is 35.8. The zero-order valence-electron chi connectivity index (χ0n) is 23.7. The van der Waals surface area contributed by atoms with E-state index in [4.69, 9.17) is 9.26 Å². The van der Waals surface area contributed by atoms with Gasteiger partial charge in [-0.25, -0.2) is 4.79 Å². The number of aliphatic carboxylic acids is 1. The van der Waals surface area contributed by atoms with Gasteiger partial charge in [-0.05, 0) is 36.5 Å². The Morgan fingerprint density at radius 2 is 1.33 bits per heavy atom. The van der Waals surface area contributed by atoms with Gasteiger partial charge in [-0.15, -0.1) is 4.52 Å². The number of hydrogen-bond donors (Lipinski definition) is 2. The van der Waals surface area contributed by atoms with Crippen molar-refractivity contribution < 1.29 is 28.8 Å². The Bertz CT molecular complexity index is 550. The molecule has 0 radical (unpaired) electrons. The fourth-order valence-electron chi connectivity index (χ4n) is 4.22. The highest BCUT2D eigenvalue weighted by atomic mass is 32.2. The minimum Gasteiger partial charge on any atom is -0.476 e. The Balaban J connectivity index is 4.92. The molecule has 0 rings (SSSR count). The number of hydrogen-bond acceptors (Lipinski definition) is 6. The molecule has 0 aliphatic heterocycles. The first-order chi connectivity index (χ1) is 17.4. The molecule has 0 bridgehead atoms. The van der Waals surface area contributed by atoms with E-state index in [1.807, 2.05) is 25.6 Å². The standard InChI is InChI=1S/C28H55O6PS/c1-5-8-10-12-14-16-18-20-23-36-26(21-19-17-15-13-11-9-6-2)25(4)34-28(24-29,27(30)31)35(32)33-22-7-3/h25-26,29H,5-24H2,1-4H3/p+1. The zero-order valence-corrected chi connectivity index (χ0v) is 25.4. The van der Waals surface area contributed by atoms with Gasteiger partial charge in [-0.1, -0.05) is 111 Å². The second-order valence-electron chi connectivity index (χ2n) is 9.96. The first-order valence-electron chi connectivity index (χ1n) is 14.6. The molecule has 0 aromatic carbocycles. The van der Waals surface area contributed by atoms with Crippen molar-refractivity contribution in [1.82, 2.24) is 0 Å². The van der Waals surface area contributed by atoms with Crippen LogP contribution in [0.25, 0.3) is 0 Å². The van der Waals surface area contributed by atoms with Crippen LogP contribution in [0.15, 0.2) is 0 Å². The van der Waals surface area contributed by atoms with E-state index in [0.717, 1.165) is 31.4 Å². The zero-order chi connectivity index (χ0) is 27.1. The molecule has 0 aliphatic carbocycles. The fourth-order valence-corrected chi connectivity index (χ4v) is 6.64. The van der Waals surface area contributed by atoms with E-state index in [-0.39, 0.29) is 11.9 Å². The Kier molecular flexibility index (Phi) is 23.8. The molecule has 0 amide bonds. The van der Waals surface area contributed by atoms with Crippen LogP contribution in [0.3, 0.4) is 0 Å². The summed E-state index contributed by atoms with van der Waals surface area (Å²) in [4.78, 5) is 12.1. The van der Waals surface area contributed by atoms with Gasteiger partial charge in [0.1, 0.15) is 13.2 Å². The van der Waals surface area contributed by atoms with Gasteiger partial charge in [0.05, 0.1) is 6.10 Å². The number of aliphatic hydroxyl groups is 1. The predicted molar refractivity (Wildman–Crippen MR) is 153 cm³/mol. The molecule has 2 N–H and O–H groups in total. The molecule has 0 aromatic rings. The maximum Gasteiger partial charge on any atom is 0.559 e. The molecule has 6 nitrogen and oxygen atoms in total. The van der Waals surface area contributed by atoms with Crippen molar-refractivity contribution in [3.8, 4) is 0 Å². The smallest absolute Gasteiger partial charge is 0.476 e. The second kappa shape index (κ2) is 23.9. The normalized spacial score (nSPS) is 15.4. The summed E-state index contributed by atoms with van der Waals surface area (Å²) in [5, 5.41) is 17.6. The Morgan fingerprint density at radius 1 is 0.833 bits per heavy atom. The summed E-state index contributed by atoms with van der Waals surface area (Å²) >= 11 is 1.83. The molecule has 214 valence electrons. The molecule has 36 heavy (non-hydrogen) atoms. The lowest BCUT2D eigenvalue weighted by Crippen LogP contribution is -2.46. The summed E-state index contributed by atoms with van der Waals surface area (Å²) < 4.78 is 23.9. The fraction of sp³-hybridized carbons (Fsp3) is 0.964. The third kappa shape index (κ3) is 15.9. The van der Waals surface area contributed by atoms with E-state index in [1.54, 1.807) is 0 Å². The molecular formula is C28H56O6PS+. The van der Waals surface area contributed by atoms with E-state index < -0.39 is 32.1 Å². The number of aliphatic hydroxyl groups excluding tert-OH is 1. The van der Waals surface area contributed by atoms with Crippen molar-refractivity contribution in [2.75, 3.05) is 19.0 Å². The lowest BCUT2D eigenvalue weighted by molar-refractivity contribution is -0.164. The average molecular weight is 552 g/mol. The molecule has 0 aromatic heterocycles. The van der Waals surface area contributed by atoms with Gasteiger partial charge >= 0.3 is 19.3 Å². The van der Waals surface area contributed by atoms with Crippen LogP contribution in [-0.4, -0.2) is 51.8 Å². The van der Waals surface area contributed by atoms with Crippen molar-refractivity contribution >= 4 is 25.8 Å². The molecule has 4 unspecified atom stereocenters. The number of rotatable bonds is 27. The minimum absolute atomic E-state index is 0.0880. The summed E-state index contributed by atoms with van der Waals surface area (Å²) in [5.41, 5.74) is 0. The molecule has 0 heterocycles. The van der Waals surface area contributed by atoms with Gasteiger partial charge in [0, 0.05) is 5.25 Å². The molecule has 4 atom stereocenters. The van der Waals surface area contributed by atoms with Crippen molar-refractivity contribution in [3.63, 3.8) is 0 Å². The van der Waals surface area contributed by atoms with Crippen LogP contribution in [0.4, 0.5) is 0 Å². The van der Waals surface area contributed by atoms with Gasteiger partial charge in [0.25, 0.3) is 0 Å². The number of carboxylic acids is 1. The molecule has 0 fully saturated rings. The quantitative estimate of drug-likeness (QED) is 0.0779. The van der Waals surface area contributed by atoms with Crippen LogP contribution < -0.4 is 0 Å². The number of thioether (sulfide) groups is 1. The van der Waals surface area contributed by atoms with Gasteiger partial charge in [-0.2, -0.15) is 11.8 Å². The molecule has 8 heteroatoms. The monoisotopic (exact) mass is 551 g/mol. The van der Waals surface area contributed by atoms with Crippen LogP contribution in [0.2, 0.25) is 0 Å². The van der Waals surface area contributed by atoms with E-state index in [2.05, 4.69) is 13.8 Å². The van der Waals surface area contributed by atoms with Crippen LogP contribution in [0.1, 0.15) is 137 Å². The topological polar surface area (TPSA) is 93.1 Å². The van der Waals surface area contributed by atoms with Crippen LogP contribution >= 0.6 is 19.8 Å². The van der Waals surface area contributed by atoms with Crippen molar-refractivity contribution in [1.29, 1.82) is 0 Å². The van der Waals surface area contributed by atoms with E-state index in [9.17, 15) is 19.6 Å². The van der Waals surface area contributed by atoms with E-state index in [0.29, 0.717) is 6.42 Å². The van der Waals surface area contributed by atoms with Crippen LogP contribution in [0.5, 0.6) is 0 Å². The summed E-state index contributed by atoms with van der Waals surface area (Å²) in [6, 6.07) is 0. The predicted octanol–water partition coefficient (Wildman–Crippen LogP) is 8.72. The summed E-state index contributed by atoms with van der Waals surface area (Å²) in [5.74, 6) is -0.432. The Morgan fingerprint density at radius 3 is 1.81 bits per heavy atom. The lowest BCUT2D eigenvalue weighted by atomic mass is 10.1. The first-order valence-corrected chi connectivity index (χ1v) is 16.9. The molecular weight excluding hydrogens is 495 g/mol. The minimum atomic E-state index is -2.71. The van der Waals surface area contributed by atoms with E-state index >= 15 is 0 Å². The number of carboxylic acid groups (broad SMARTS) is 1. The second-order valence-corrected chi connectivity index (χ2v) is 12.8. The average Bonchev–Trinajstić information content (AvgIpc) is 2.87. The molecule has 0 saturated heterocycles. The van der Waals surface area contributed by atoms with E-state index in [1.165, 1.54) is 77.0 Å². The molecule has 0 spiro atoms. The maximum atomic E-state index is 12.7. The molecule has 0 saturated carbocycles. The highest BCUT2D eigenvalue weighted by Gasteiger charge is 2.62. The Hall–Kier alpha value is -0.200. The largest absolute Gasteiger partial charge is 0.559 e. The number of unbranched alkanes of at least 4 members (excludes halogenated alkanes) is 13. The van der Waals surface area contributed by atoms with Gasteiger partial charge < -0.3 is 14.9 Å². The third-order valence-electron chi connectivity index (χ3n) is 6.58.